The Kier molecular flexibility index (Phi) is 8.55. The van der Waals surface area contributed by atoms with Gasteiger partial charge in [-0.05, 0) is 65.9 Å². The summed E-state index contributed by atoms with van der Waals surface area (Å²) in [5.41, 5.74) is 1.45. The molecule has 0 saturated carbocycles. The molecular formula is C27H22ClFN2O5S2. The van der Waals surface area contributed by atoms with E-state index in [4.69, 9.17) is 21.1 Å². The molecule has 0 aliphatic carbocycles. The van der Waals surface area contributed by atoms with E-state index >= 15 is 0 Å². The Morgan fingerprint density at radius 1 is 1.11 bits per heavy atom. The highest BCUT2D eigenvalue weighted by atomic mass is 35.5. The second kappa shape index (κ2) is 11.8. The van der Waals surface area contributed by atoms with Crippen molar-refractivity contribution in [1.82, 2.24) is 4.90 Å². The van der Waals surface area contributed by atoms with Crippen LogP contribution in [0.4, 0.5) is 4.39 Å². The fourth-order valence-corrected chi connectivity index (χ4v) is 5.82. The lowest BCUT2D eigenvalue weighted by molar-refractivity contribution is -0.121. The molecule has 0 atom stereocenters. The number of hydrogen-bond acceptors (Lipinski definition) is 6. The van der Waals surface area contributed by atoms with E-state index in [1.165, 1.54) is 18.1 Å². The van der Waals surface area contributed by atoms with Gasteiger partial charge < -0.3 is 9.47 Å². The number of sulfonamides is 1. The highest BCUT2D eigenvalue weighted by Gasteiger charge is 2.34. The van der Waals surface area contributed by atoms with Gasteiger partial charge in [0.1, 0.15) is 12.4 Å². The van der Waals surface area contributed by atoms with Crippen LogP contribution < -0.4 is 9.47 Å². The van der Waals surface area contributed by atoms with Crippen molar-refractivity contribution < 1.29 is 27.1 Å². The summed E-state index contributed by atoms with van der Waals surface area (Å²) in [6.45, 7) is 3.93. The van der Waals surface area contributed by atoms with Gasteiger partial charge in [0.15, 0.2) is 16.7 Å². The number of rotatable bonds is 9. The van der Waals surface area contributed by atoms with Crippen molar-refractivity contribution in [1.29, 1.82) is 0 Å². The maximum absolute atomic E-state index is 13.2. The van der Waals surface area contributed by atoms with E-state index in [1.54, 1.807) is 30.3 Å². The molecule has 1 heterocycles. The molecule has 0 bridgehead atoms. The number of carbonyl (C=O) groups is 1. The van der Waals surface area contributed by atoms with Gasteiger partial charge in [-0.25, -0.2) is 4.39 Å². The van der Waals surface area contributed by atoms with Crippen LogP contribution in [0.1, 0.15) is 11.1 Å². The predicted molar refractivity (Wildman–Crippen MR) is 147 cm³/mol. The van der Waals surface area contributed by atoms with E-state index in [0.717, 1.165) is 41.6 Å². The van der Waals surface area contributed by atoms with Crippen molar-refractivity contribution in [2.45, 2.75) is 11.5 Å². The van der Waals surface area contributed by atoms with Crippen LogP contribution in [0.25, 0.3) is 6.08 Å². The standard InChI is InChI=1S/C27H22ClFN2O5S2/c1-3-14-31-26(32)25(37-27(31)30-38(33,34)21-11-9-20(29)10-12-21)16-18-8-13-23(24(15-18)35-2)36-17-19-6-4-5-7-22(19)28/h3-13,15-16H,1,14,17H2,2H3. The highest BCUT2D eigenvalue weighted by molar-refractivity contribution is 8.19. The van der Waals surface area contributed by atoms with Crippen LogP contribution in [0, 0.1) is 5.82 Å². The molecule has 0 unspecified atom stereocenters. The van der Waals surface area contributed by atoms with E-state index < -0.39 is 21.7 Å². The summed E-state index contributed by atoms with van der Waals surface area (Å²) in [5.74, 6) is -0.0734. The van der Waals surface area contributed by atoms with Crippen LogP contribution in [-0.4, -0.2) is 38.0 Å². The van der Waals surface area contributed by atoms with Gasteiger partial charge >= 0.3 is 0 Å². The minimum absolute atomic E-state index is 0.0304. The van der Waals surface area contributed by atoms with Crippen LogP contribution >= 0.6 is 23.4 Å². The smallest absolute Gasteiger partial charge is 0.284 e. The third-order valence-corrected chi connectivity index (χ3v) is 8.11. The van der Waals surface area contributed by atoms with Crippen molar-refractivity contribution in [2.24, 2.45) is 4.40 Å². The molecule has 7 nitrogen and oxygen atoms in total. The summed E-state index contributed by atoms with van der Waals surface area (Å²) in [6, 6.07) is 16.8. The van der Waals surface area contributed by atoms with Crippen molar-refractivity contribution in [3.05, 3.63) is 106 Å². The minimum Gasteiger partial charge on any atom is -0.493 e. The number of methoxy groups -OCH3 is 1. The number of nitrogens with zero attached hydrogens (tertiary/aromatic N) is 2. The second-order valence-electron chi connectivity index (χ2n) is 7.91. The van der Waals surface area contributed by atoms with E-state index in [-0.39, 0.29) is 28.1 Å². The van der Waals surface area contributed by atoms with Crippen LogP contribution in [-0.2, 0) is 21.4 Å². The fourth-order valence-electron chi connectivity index (χ4n) is 3.44. The quantitative estimate of drug-likeness (QED) is 0.234. The van der Waals surface area contributed by atoms with Gasteiger partial charge in [-0.15, -0.1) is 11.0 Å². The van der Waals surface area contributed by atoms with Gasteiger partial charge in [0, 0.05) is 17.1 Å². The Bertz CT molecular complexity index is 1540. The molecule has 1 aliphatic rings. The lowest BCUT2D eigenvalue weighted by atomic mass is 10.1. The van der Waals surface area contributed by atoms with E-state index in [9.17, 15) is 17.6 Å². The number of amidine groups is 1. The SMILES string of the molecule is C=CCN1C(=O)C(=Cc2ccc(OCc3ccccc3Cl)c(OC)c2)SC1=NS(=O)(=O)c1ccc(F)cc1. The molecule has 3 aromatic rings. The molecule has 1 amide bonds. The Morgan fingerprint density at radius 3 is 2.53 bits per heavy atom. The minimum atomic E-state index is -4.18. The van der Waals surface area contributed by atoms with Crippen molar-refractivity contribution in [3.8, 4) is 11.5 Å². The number of amides is 1. The third kappa shape index (κ3) is 6.27. The molecule has 1 aliphatic heterocycles. The maximum atomic E-state index is 13.2. The molecule has 1 fully saturated rings. The molecule has 4 rings (SSSR count). The van der Waals surface area contributed by atoms with Crippen molar-refractivity contribution in [3.63, 3.8) is 0 Å². The normalized spacial score (nSPS) is 15.8. The zero-order valence-electron chi connectivity index (χ0n) is 20.1. The molecule has 0 spiro atoms. The summed E-state index contributed by atoms with van der Waals surface area (Å²) in [5, 5.41) is 0.560. The molecule has 196 valence electrons. The number of carbonyl (C=O) groups excluding carboxylic acids is 1. The molecule has 11 heteroatoms. The molecular weight excluding hydrogens is 551 g/mol. The Labute approximate surface area is 229 Å². The second-order valence-corrected chi connectivity index (χ2v) is 10.9. The first kappa shape index (κ1) is 27.4. The number of thioether (sulfide) groups is 1. The monoisotopic (exact) mass is 572 g/mol. The van der Waals surface area contributed by atoms with Crippen LogP contribution in [0.2, 0.25) is 5.02 Å². The summed E-state index contributed by atoms with van der Waals surface area (Å²) in [6.07, 6.45) is 3.08. The summed E-state index contributed by atoms with van der Waals surface area (Å²) < 4.78 is 54.0. The lowest BCUT2D eigenvalue weighted by Crippen LogP contribution is -2.29. The first-order chi connectivity index (χ1) is 18.2. The first-order valence-electron chi connectivity index (χ1n) is 11.2. The van der Waals surface area contributed by atoms with E-state index in [0.29, 0.717) is 22.1 Å². The van der Waals surface area contributed by atoms with Crippen molar-refractivity contribution >= 4 is 50.5 Å². The summed E-state index contributed by atoms with van der Waals surface area (Å²) in [4.78, 5) is 14.4. The molecule has 0 radical (unpaired) electrons. The zero-order chi connectivity index (χ0) is 27.3. The van der Waals surface area contributed by atoms with Gasteiger partial charge in [0.25, 0.3) is 15.9 Å². The highest BCUT2D eigenvalue weighted by Crippen LogP contribution is 2.36. The molecule has 0 aromatic heterocycles. The molecule has 38 heavy (non-hydrogen) atoms. The maximum Gasteiger partial charge on any atom is 0.284 e. The summed E-state index contributed by atoms with van der Waals surface area (Å²) in [7, 11) is -2.68. The number of hydrogen-bond donors (Lipinski definition) is 0. The predicted octanol–water partition coefficient (Wildman–Crippen LogP) is 5.91. The van der Waals surface area contributed by atoms with Crippen LogP contribution in [0.3, 0.4) is 0 Å². The number of halogens is 2. The Hall–Kier alpha value is -3.60. The number of ether oxygens (including phenoxy) is 2. The largest absolute Gasteiger partial charge is 0.493 e. The molecule has 1 saturated heterocycles. The van der Waals surface area contributed by atoms with E-state index in [2.05, 4.69) is 11.0 Å². The lowest BCUT2D eigenvalue weighted by Gasteiger charge is -2.13. The van der Waals surface area contributed by atoms with Crippen molar-refractivity contribution in [2.75, 3.05) is 13.7 Å². The van der Waals surface area contributed by atoms with Gasteiger partial charge in [0.05, 0.1) is 16.9 Å². The van der Waals surface area contributed by atoms with Gasteiger partial charge in [-0.1, -0.05) is 41.9 Å². The Morgan fingerprint density at radius 2 is 1.84 bits per heavy atom. The average Bonchev–Trinajstić information content (AvgIpc) is 3.17. The van der Waals surface area contributed by atoms with Crippen LogP contribution in [0.5, 0.6) is 11.5 Å². The van der Waals surface area contributed by atoms with Gasteiger partial charge in [-0.3, -0.25) is 9.69 Å². The fraction of sp³-hybridized carbons (Fsp3) is 0.111. The topological polar surface area (TPSA) is 85.3 Å². The zero-order valence-corrected chi connectivity index (χ0v) is 22.5. The molecule has 0 N–H and O–H groups in total. The van der Waals surface area contributed by atoms with Crippen LogP contribution in [0.15, 0.2) is 93.6 Å². The van der Waals surface area contributed by atoms with Gasteiger partial charge in [-0.2, -0.15) is 8.42 Å². The number of benzene rings is 3. The Balaban J connectivity index is 1.59. The summed E-state index contributed by atoms with van der Waals surface area (Å²) >= 11 is 7.11. The van der Waals surface area contributed by atoms with Gasteiger partial charge in [0.2, 0.25) is 0 Å². The first-order valence-corrected chi connectivity index (χ1v) is 13.8. The van der Waals surface area contributed by atoms with E-state index in [1.807, 2.05) is 18.2 Å². The average molecular weight is 573 g/mol. The molecule has 3 aromatic carbocycles. The third-order valence-electron chi connectivity index (χ3n) is 5.34.